The van der Waals surface area contributed by atoms with Gasteiger partial charge in [0.15, 0.2) is 5.75 Å². The van der Waals surface area contributed by atoms with E-state index in [-0.39, 0.29) is 12.2 Å². The minimum absolute atomic E-state index is 0.222. The fourth-order valence-electron chi connectivity index (χ4n) is 3.79. The molecule has 0 aliphatic heterocycles. The van der Waals surface area contributed by atoms with Crippen LogP contribution in [0.4, 0.5) is 0 Å². The Morgan fingerprint density at radius 3 is 2.48 bits per heavy atom. The maximum Gasteiger partial charge on any atom is 0.266 e. The smallest absolute Gasteiger partial charge is 0.266 e. The van der Waals surface area contributed by atoms with E-state index in [1.807, 2.05) is 30.3 Å². The van der Waals surface area contributed by atoms with Crippen molar-refractivity contribution in [2.45, 2.75) is 19.3 Å². The van der Waals surface area contributed by atoms with Crippen LogP contribution in [0.1, 0.15) is 30.5 Å². The summed E-state index contributed by atoms with van der Waals surface area (Å²) in [6, 6.07) is 19.8. The summed E-state index contributed by atoms with van der Waals surface area (Å²) in [4.78, 5) is 18.4. The van der Waals surface area contributed by atoms with Crippen LogP contribution in [0.25, 0.3) is 22.2 Å². The topological polar surface area (TPSA) is 78.8 Å². The zero-order valence-electron chi connectivity index (χ0n) is 18.2. The van der Waals surface area contributed by atoms with Gasteiger partial charge < -0.3 is 9.72 Å². The highest BCUT2D eigenvalue weighted by molar-refractivity contribution is 6.32. The Labute approximate surface area is 201 Å². The molecule has 4 rings (SSSR count). The molecule has 1 aromatic heterocycles. The molecule has 4 aromatic rings. The van der Waals surface area contributed by atoms with Crippen molar-refractivity contribution in [1.82, 2.24) is 9.97 Å². The maximum absolute atomic E-state index is 11.5. The monoisotopic (exact) mass is 477 g/mol. The predicted octanol–water partition coefficient (Wildman–Crippen LogP) is 6.06. The first-order valence-corrected chi connectivity index (χ1v) is 11.3. The number of benzene rings is 3. The molecular formula is C26H21Cl2N3O2. The number of fused-ring (bicyclic) bond motifs is 1. The number of aromatic amines is 1. The quantitative estimate of drug-likeness (QED) is 0.342. The second-order valence-electron chi connectivity index (χ2n) is 8.17. The van der Waals surface area contributed by atoms with Crippen LogP contribution in [0.3, 0.4) is 0 Å². The molecule has 0 saturated heterocycles. The molecule has 1 heterocycles. The van der Waals surface area contributed by atoms with Crippen LogP contribution < -0.4 is 10.3 Å². The second kappa shape index (κ2) is 9.27. The van der Waals surface area contributed by atoms with Gasteiger partial charge in [-0.25, -0.2) is 4.98 Å². The highest BCUT2D eigenvalue weighted by atomic mass is 35.5. The zero-order chi connectivity index (χ0) is 23.6. The normalized spacial score (nSPS) is 11.4. The van der Waals surface area contributed by atoms with Gasteiger partial charge in [0.25, 0.3) is 5.56 Å². The Hall–Kier alpha value is -3.33. The minimum Gasteiger partial charge on any atom is -0.489 e. The summed E-state index contributed by atoms with van der Waals surface area (Å²) in [5.74, 6) is 0.674. The zero-order valence-corrected chi connectivity index (χ0v) is 19.7. The molecule has 0 radical (unpaired) electrons. The second-order valence-corrected chi connectivity index (χ2v) is 8.95. The molecular weight excluding hydrogens is 457 g/mol. The summed E-state index contributed by atoms with van der Waals surface area (Å²) >= 11 is 12.2. The Kier molecular flexibility index (Phi) is 6.42. The summed E-state index contributed by atoms with van der Waals surface area (Å²) in [5.41, 5.74) is 5.21. The number of hydrogen-bond donors (Lipinski definition) is 1. The van der Waals surface area contributed by atoms with Crippen molar-refractivity contribution >= 4 is 34.2 Å². The largest absolute Gasteiger partial charge is 0.489 e. The first-order valence-electron chi connectivity index (χ1n) is 10.4. The van der Waals surface area contributed by atoms with Gasteiger partial charge in [-0.2, -0.15) is 5.26 Å². The number of alkyl halides is 1. The molecule has 7 heteroatoms. The first-order chi connectivity index (χ1) is 15.8. The van der Waals surface area contributed by atoms with E-state index in [1.165, 1.54) is 6.20 Å². The highest BCUT2D eigenvalue weighted by Crippen LogP contribution is 2.38. The molecule has 0 unspecified atom stereocenters. The molecule has 0 aliphatic rings. The number of ether oxygens (including phenoxy) is 1. The van der Waals surface area contributed by atoms with Crippen LogP contribution in [0.2, 0.25) is 5.02 Å². The lowest BCUT2D eigenvalue weighted by atomic mass is 9.77. The maximum atomic E-state index is 11.5. The lowest BCUT2D eigenvalue weighted by molar-refractivity contribution is 0.341. The average molecular weight is 478 g/mol. The summed E-state index contributed by atoms with van der Waals surface area (Å²) in [5, 5.41) is 10.00. The lowest BCUT2D eigenvalue weighted by Crippen LogP contribution is -2.19. The van der Waals surface area contributed by atoms with Crippen LogP contribution in [-0.2, 0) is 5.41 Å². The summed E-state index contributed by atoms with van der Waals surface area (Å²) in [7, 11) is 0. The number of aromatic nitrogens is 2. The van der Waals surface area contributed by atoms with Crippen LogP contribution in [0.15, 0.2) is 65.6 Å². The Balaban J connectivity index is 1.67. The van der Waals surface area contributed by atoms with Crippen LogP contribution in [0, 0.1) is 11.3 Å². The van der Waals surface area contributed by atoms with Gasteiger partial charge >= 0.3 is 0 Å². The van der Waals surface area contributed by atoms with Gasteiger partial charge in [0.2, 0.25) is 0 Å². The van der Waals surface area contributed by atoms with E-state index in [2.05, 4.69) is 54.2 Å². The molecule has 0 fully saturated rings. The van der Waals surface area contributed by atoms with E-state index >= 15 is 0 Å². The SMILES string of the molecule is CC(C)(c1ccc(-c2ccc3[nH]c(=O)cnc3c2)cc1)c1cc(Cl)c(OCCCl)c(C#N)c1. The van der Waals surface area contributed by atoms with E-state index in [0.717, 1.165) is 27.8 Å². The molecule has 0 spiro atoms. The lowest BCUT2D eigenvalue weighted by Gasteiger charge is -2.27. The van der Waals surface area contributed by atoms with Gasteiger partial charge in [-0.05, 0) is 46.5 Å². The van der Waals surface area contributed by atoms with Gasteiger partial charge in [0.05, 0.1) is 33.7 Å². The van der Waals surface area contributed by atoms with Crippen LogP contribution >= 0.6 is 23.2 Å². The molecule has 166 valence electrons. The molecule has 3 aromatic carbocycles. The predicted molar refractivity (Wildman–Crippen MR) is 132 cm³/mol. The van der Waals surface area contributed by atoms with E-state index in [9.17, 15) is 10.1 Å². The van der Waals surface area contributed by atoms with Gasteiger partial charge in [-0.1, -0.05) is 55.8 Å². The molecule has 0 saturated carbocycles. The Bertz CT molecular complexity index is 1420. The number of H-pyrrole nitrogens is 1. The van der Waals surface area contributed by atoms with E-state index in [4.69, 9.17) is 27.9 Å². The van der Waals surface area contributed by atoms with Crippen molar-refractivity contribution < 1.29 is 4.74 Å². The Morgan fingerprint density at radius 2 is 1.79 bits per heavy atom. The molecule has 0 amide bonds. The average Bonchev–Trinajstić information content (AvgIpc) is 2.82. The van der Waals surface area contributed by atoms with Crippen molar-refractivity contribution in [3.8, 4) is 22.9 Å². The van der Waals surface area contributed by atoms with Gasteiger partial charge in [0, 0.05) is 5.41 Å². The molecule has 1 N–H and O–H groups in total. The van der Waals surface area contributed by atoms with E-state index in [1.54, 1.807) is 0 Å². The van der Waals surface area contributed by atoms with Crippen molar-refractivity contribution in [2.75, 3.05) is 12.5 Å². The number of nitrogens with one attached hydrogen (secondary N) is 1. The van der Waals surface area contributed by atoms with Crippen molar-refractivity contribution in [2.24, 2.45) is 0 Å². The highest BCUT2D eigenvalue weighted by Gasteiger charge is 2.26. The number of hydrogen-bond acceptors (Lipinski definition) is 4. The molecule has 0 bridgehead atoms. The van der Waals surface area contributed by atoms with E-state index in [0.29, 0.717) is 27.7 Å². The van der Waals surface area contributed by atoms with Crippen molar-refractivity contribution in [1.29, 1.82) is 5.26 Å². The molecule has 0 aliphatic carbocycles. The van der Waals surface area contributed by atoms with Gasteiger partial charge in [-0.15, -0.1) is 11.6 Å². The number of rotatable bonds is 6. The van der Waals surface area contributed by atoms with Crippen LogP contribution in [0.5, 0.6) is 5.75 Å². The van der Waals surface area contributed by atoms with Crippen molar-refractivity contribution in [3.63, 3.8) is 0 Å². The van der Waals surface area contributed by atoms with Gasteiger partial charge in [0.1, 0.15) is 12.7 Å². The van der Waals surface area contributed by atoms with Crippen molar-refractivity contribution in [3.05, 3.63) is 92.9 Å². The molecule has 0 atom stereocenters. The molecule has 33 heavy (non-hydrogen) atoms. The first kappa shape index (κ1) is 22.8. The summed E-state index contributed by atoms with van der Waals surface area (Å²) in [6.07, 6.45) is 1.28. The number of nitriles is 1. The third-order valence-electron chi connectivity index (χ3n) is 5.73. The van der Waals surface area contributed by atoms with Gasteiger partial charge in [-0.3, -0.25) is 4.79 Å². The third kappa shape index (κ3) is 4.59. The molecule has 5 nitrogen and oxygen atoms in total. The van der Waals surface area contributed by atoms with Crippen LogP contribution in [-0.4, -0.2) is 22.5 Å². The third-order valence-corrected chi connectivity index (χ3v) is 6.16. The number of halogens is 2. The summed E-state index contributed by atoms with van der Waals surface area (Å²) in [6.45, 7) is 4.45. The standard InChI is InChI=1S/C26H21Cl2N3O2/c1-26(2,20-11-18(14-29)25(21(28)13-20)33-10-9-27)19-6-3-16(4-7-19)17-5-8-22-23(12-17)30-15-24(32)31-22/h3-8,11-13,15H,9-10H2,1-2H3,(H,31,32). The Morgan fingerprint density at radius 1 is 1.06 bits per heavy atom. The fraction of sp³-hybridized carbons (Fsp3) is 0.192. The fourth-order valence-corrected chi connectivity index (χ4v) is 4.14. The van der Waals surface area contributed by atoms with E-state index < -0.39 is 5.41 Å². The number of nitrogens with zero attached hydrogens (tertiary/aromatic N) is 2. The minimum atomic E-state index is -0.400. The summed E-state index contributed by atoms with van der Waals surface area (Å²) < 4.78 is 5.57.